The first-order valence-corrected chi connectivity index (χ1v) is 6.80. The van der Waals surface area contributed by atoms with Crippen LogP contribution >= 0.6 is 0 Å². The fourth-order valence-electron chi connectivity index (χ4n) is 3.14. The van der Waals surface area contributed by atoms with Gasteiger partial charge in [-0.1, -0.05) is 18.6 Å². The van der Waals surface area contributed by atoms with Crippen molar-refractivity contribution in [2.75, 3.05) is 0 Å². The van der Waals surface area contributed by atoms with Crippen LogP contribution in [-0.4, -0.2) is 11.6 Å². The van der Waals surface area contributed by atoms with Crippen molar-refractivity contribution in [3.63, 3.8) is 0 Å². The monoisotopic (exact) mass is 236 g/mol. The second-order valence-electron chi connectivity index (χ2n) is 6.51. The quantitative estimate of drug-likeness (QED) is 0.551. The lowest BCUT2D eigenvalue weighted by molar-refractivity contribution is -0.157. The third-order valence-corrected chi connectivity index (χ3v) is 3.95. The number of hydrogen-bond acceptors (Lipinski definition) is 2. The number of esters is 1. The largest absolute Gasteiger partial charge is 0.460 e. The van der Waals surface area contributed by atoms with Gasteiger partial charge in [-0.3, -0.25) is 4.79 Å². The van der Waals surface area contributed by atoms with Crippen LogP contribution < -0.4 is 0 Å². The van der Waals surface area contributed by atoms with E-state index in [1.54, 1.807) is 5.57 Å². The molecule has 2 heteroatoms. The Morgan fingerprint density at radius 1 is 1.47 bits per heavy atom. The number of rotatable bonds is 3. The van der Waals surface area contributed by atoms with Gasteiger partial charge in [0.05, 0.1) is 0 Å². The highest BCUT2D eigenvalue weighted by Crippen LogP contribution is 2.51. The Morgan fingerprint density at radius 2 is 2.18 bits per heavy atom. The van der Waals surface area contributed by atoms with Gasteiger partial charge >= 0.3 is 5.97 Å². The summed E-state index contributed by atoms with van der Waals surface area (Å²) in [6, 6.07) is 0. The molecule has 0 aromatic carbocycles. The van der Waals surface area contributed by atoms with Gasteiger partial charge in [0.15, 0.2) is 0 Å². The Morgan fingerprint density at radius 3 is 2.76 bits per heavy atom. The molecule has 3 atom stereocenters. The molecule has 2 nitrogen and oxygen atoms in total. The van der Waals surface area contributed by atoms with E-state index in [2.05, 4.69) is 13.0 Å². The smallest absolute Gasteiger partial charge is 0.306 e. The van der Waals surface area contributed by atoms with Crippen LogP contribution in [0.4, 0.5) is 0 Å². The molecule has 0 aliphatic heterocycles. The van der Waals surface area contributed by atoms with E-state index in [1.165, 1.54) is 19.3 Å². The molecule has 1 saturated carbocycles. The Bertz CT molecular complexity index is 335. The number of carbonyl (C=O) groups is 1. The highest BCUT2D eigenvalue weighted by Gasteiger charge is 2.44. The van der Waals surface area contributed by atoms with Gasteiger partial charge in [-0.2, -0.15) is 0 Å². The maximum atomic E-state index is 11.8. The number of allylic oxidation sites excluding steroid dienone is 2. The van der Waals surface area contributed by atoms with Crippen LogP contribution in [0.3, 0.4) is 0 Å². The van der Waals surface area contributed by atoms with Crippen LogP contribution in [0, 0.1) is 17.8 Å². The third-order valence-electron chi connectivity index (χ3n) is 3.95. The number of carbonyl (C=O) groups excluding carboxylic acids is 1. The van der Waals surface area contributed by atoms with E-state index in [4.69, 9.17) is 4.74 Å². The van der Waals surface area contributed by atoms with Crippen molar-refractivity contribution in [3.05, 3.63) is 11.6 Å². The lowest BCUT2D eigenvalue weighted by Crippen LogP contribution is -2.36. The van der Waals surface area contributed by atoms with Crippen molar-refractivity contribution >= 4 is 5.97 Å². The lowest BCUT2D eigenvalue weighted by atomic mass is 9.65. The topological polar surface area (TPSA) is 26.3 Å². The molecule has 0 bridgehead atoms. The number of ether oxygens (including phenoxy) is 1. The molecule has 96 valence electrons. The predicted octanol–water partition coefficient (Wildman–Crippen LogP) is 3.71. The Kier molecular flexibility index (Phi) is 3.33. The fraction of sp³-hybridized carbons (Fsp3) is 0.800. The van der Waals surface area contributed by atoms with Gasteiger partial charge < -0.3 is 4.74 Å². The second kappa shape index (κ2) is 4.47. The highest BCUT2D eigenvalue weighted by molar-refractivity contribution is 5.70. The lowest BCUT2D eigenvalue weighted by Gasteiger charge is -2.40. The first-order valence-electron chi connectivity index (χ1n) is 6.80. The summed E-state index contributed by atoms with van der Waals surface area (Å²) >= 11 is 0. The summed E-state index contributed by atoms with van der Waals surface area (Å²) in [7, 11) is 0. The molecule has 0 aromatic rings. The van der Waals surface area contributed by atoms with Crippen molar-refractivity contribution in [2.24, 2.45) is 17.8 Å². The molecule has 0 N–H and O–H groups in total. The van der Waals surface area contributed by atoms with E-state index in [9.17, 15) is 4.79 Å². The molecule has 2 aliphatic rings. The van der Waals surface area contributed by atoms with Gasteiger partial charge in [0, 0.05) is 6.42 Å². The van der Waals surface area contributed by atoms with E-state index in [-0.39, 0.29) is 11.6 Å². The third kappa shape index (κ3) is 2.91. The van der Waals surface area contributed by atoms with E-state index in [0.29, 0.717) is 18.3 Å². The fourth-order valence-corrected chi connectivity index (χ4v) is 3.14. The Labute approximate surface area is 104 Å². The van der Waals surface area contributed by atoms with Crippen LogP contribution in [-0.2, 0) is 9.53 Å². The van der Waals surface area contributed by atoms with E-state index < -0.39 is 0 Å². The number of hydrogen-bond donors (Lipinski definition) is 0. The van der Waals surface area contributed by atoms with Crippen molar-refractivity contribution in [3.8, 4) is 0 Å². The van der Waals surface area contributed by atoms with Gasteiger partial charge in [0.1, 0.15) is 5.60 Å². The predicted molar refractivity (Wildman–Crippen MR) is 68.5 cm³/mol. The number of fused-ring (bicyclic) bond motifs is 1. The Hall–Kier alpha value is -0.790. The van der Waals surface area contributed by atoms with Gasteiger partial charge in [-0.15, -0.1) is 0 Å². The van der Waals surface area contributed by atoms with Crippen molar-refractivity contribution in [1.82, 2.24) is 0 Å². The average Bonchev–Trinajstić information content (AvgIpc) is 2.49. The van der Waals surface area contributed by atoms with Crippen LogP contribution in [0.5, 0.6) is 0 Å². The minimum atomic E-state index is -0.347. The van der Waals surface area contributed by atoms with Gasteiger partial charge in [-0.05, 0) is 57.8 Å². The minimum Gasteiger partial charge on any atom is -0.460 e. The zero-order chi connectivity index (χ0) is 12.6. The van der Waals surface area contributed by atoms with Gasteiger partial charge in [0.25, 0.3) is 0 Å². The zero-order valence-corrected chi connectivity index (χ0v) is 11.5. The molecular weight excluding hydrogens is 212 g/mol. The summed E-state index contributed by atoms with van der Waals surface area (Å²) in [5.74, 6) is 2.01. The summed E-state index contributed by atoms with van der Waals surface area (Å²) in [5, 5.41) is 0. The summed E-state index contributed by atoms with van der Waals surface area (Å²) in [4.78, 5) is 11.8. The normalized spacial score (nSPS) is 31.5. The summed E-state index contributed by atoms with van der Waals surface area (Å²) in [6.07, 6.45) is 6.68. The second-order valence-corrected chi connectivity index (χ2v) is 6.51. The molecule has 2 aliphatic carbocycles. The van der Waals surface area contributed by atoms with Crippen molar-refractivity contribution in [2.45, 2.75) is 59.0 Å². The van der Waals surface area contributed by atoms with E-state index in [0.717, 1.165) is 5.92 Å². The maximum absolute atomic E-state index is 11.8. The molecule has 0 amide bonds. The summed E-state index contributed by atoms with van der Waals surface area (Å²) < 4.78 is 5.39. The molecule has 17 heavy (non-hydrogen) atoms. The van der Waals surface area contributed by atoms with Crippen LogP contribution in [0.25, 0.3) is 0 Å². The molecule has 2 rings (SSSR count). The first kappa shape index (κ1) is 12.7. The molecule has 0 radical (unpaired) electrons. The average molecular weight is 236 g/mol. The molecule has 0 aromatic heterocycles. The highest BCUT2D eigenvalue weighted by atomic mass is 16.6. The zero-order valence-electron chi connectivity index (χ0n) is 11.5. The van der Waals surface area contributed by atoms with Crippen molar-refractivity contribution < 1.29 is 9.53 Å². The standard InChI is InChI=1S/C15H24O2/c1-5-10-6-11-8-12(13(11)7-10)9-14(16)17-15(2,3)4/h7,11-13H,5-6,8-9H2,1-4H3/t11?,12-,13?/m1/s1. The maximum Gasteiger partial charge on any atom is 0.306 e. The first-order chi connectivity index (χ1) is 7.89. The van der Waals surface area contributed by atoms with Gasteiger partial charge in [0.2, 0.25) is 0 Å². The molecule has 1 fully saturated rings. The summed E-state index contributed by atoms with van der Waals surface area (Å²) in [6.45, 7) is 8.01. The van der Waals surface area contributed by atoms with Crippen molar-refractivity contribution in [1.29, 1.82) is 0 Å². The van der Waals surface area contributed by atoms with Crippen LogP contribution in [0.1, 0.15) is 53.4 Å². The Balaban J connectivity index is 1.83. The summed E-state index contributed by atoms with van der Waals surface area (Å²) in [5.41, 5.74) is 1.24. The minimum absolute atomic E-state index is 0.0284. The van der Waals surface area contributed by atoms with Gasteiger partial charge in [-0.25, -0.2) is 0 Å². The SMILES string of the molecule is CCC1=CC2C(C1)C[C@@H]2CC(=O)OC(C)(C)C. The van der Waals surface area contributed by atoms with E-state index >= 15 is 0 Å². The molecule has 2 unspecified atom stereocenters. The van der Waals surface area contributed by atoms with E-state index in [1.807, 2.05) is 20.8 Å². The molecule has 0 heterocycles. The molecular formula is C15H24O2. The van der Waals surface area contributed by atoms with Crippen LogP contribution in [0.2, 0.25) is 0 Å². The molecule has 0 spiro atoms. The van der Waals surface area contributed by atoms with Crippen LogP contribution in [0.15, 0.2) is 11.6 Å². The molecule has 0 saturated heterocycles.